The molecule has 0 bridgehead atoms. The van der Waals surface area contributed by atoms with Crippen molar-refractivity contribution in [2.75, 3.05) is 6.54 Å². The molecule has 1 aromatic heterocycles. The molecule has 0 saturated heterocycles. The maximum absolute atomic E-state index is 10.7. The van der Waals surface area contributed by atoms with Crippen molar-refractivity contribution in [3.8, 4) is 0 Å². The van der Waals surface area contributed by atoms with E-state index in [1.165, 1.54) is 13.1 Å². The van der Waals surface area contributed by atoms with Crippen molar-refractivity contribution >= 4 is 11.7 Å². The molecule has 7 heteroatoms. The maximum atomic E-state index is 10.7. The molecule has 0 aromatic carbocycles. The van der Waals surface area contributed by atoms with Crippen molar-refractivity contribution in [2.24, 2.45) is 5.92 Å². The fourth-order valence-electron chi connectivity index (χ4n) is 1.27. The summed E-state index contributed by atoms with van der Waals surface area (Å²) in [5.74, 6) is 0.540. The number of nitro groups is 1. The monoisotopic (exact) mass is 226 g/mol. The van der Waals surface area contributed by atoms with Gasteiger partial charge in [0.25, 0.3) is 0 Å². The number of aromatic nitrogens is 2. The first-order valence-electron chi connectivity index (χ1n) is 4.91. The molecule has 1 heterocycles. The summed E-state index contributed by atoms with van der Waals surface area (Å²) in [6, 6.07) is 0. The largest absolute Gasteiger partial charge is 0.358 e. The predicted octanol–water partition coefficient (Wildman–Crippen LogP) is 0.633. The van der Waals surface area contributed by atoms with Crippen molar-refractivity contribution in [2.45, 2.75) is 20.3 Å². The van der Waals surface area contributed by atoms with Crippen LogP contribution in [-0.4, -0.2) is 27.3 Å². The van der Waals surface area contributed by atoms with Gasteiger partial charge in [-0.05, 0) is 10.8 Å². The zero-order chi connectivity index (χ0) is 12.1. The van der Waals surface area contributed by atoms with Crippen molar-refractivity contribution in [1.29, 1.82) is 0 Å². The van der Waals surface area contributed by atoms with E-state index in [2.05, 4.69) is 15.3 Å². The van der Waals surface area contributed by atoms with Gasteiger partial charge in [-0.15, -0.1) is 0 Å². The summed E-state index contributed by atoms with van der Waals surface area (Å²) in [5, 5.41) is 13.1. The quantitative estimate of drug-likeness (QED) is 0.568. The number of amides is 1. The lowest BCUT2D eigenvalue weighted by Gasteiger charge is -2.08. The number of carbonyl (C=O) groups excluding carboxylic acids is 1. The summed E-state index contributed by atoms with van der Waals surface area (Å²) < 4.78 is 0. The molecule has 0 saturated carbocycles. The molecule has 1 atom stereocenters. The first kappa shape index (κ1) is 12.2. The first-order valence-corrected chi connectivity index (χ1v) is 4.91. The Morgan fingerprint density at radius 3 is 2.94 bits per heavy atom. The van der Waals surface area contributed by atoms with E-state index in [4.69, 9.17) is 0 Å². The van der Waals surface area contributed by atoms with Gasteiger partial charge in [0.1, 0.15) is 6.20 Å². The van der Waals surface area contributed by atoms with Crippen LogP contribution >= 0.6 is 0 Å². The van der Waals surface area contributed by atoms with Gasteiger partial charge in [-0.25, -0.2) is 9.97 Å². The Kier molecular flexibility index (Phi) is 3.98. The van der Waals surface area contributed by atoms with E-state index in [0.29, 0.717) is 18.8 Å². The van der Waals surface area contributed by atoms with E-state index in [-0.39, 0.29) is 17.6 Å². The van der Waals surface area contributed by atoms with E-state index < -0.39 is 4.92 Å². The van der Waals surface area contributed by atoms with Crippen LogP contribution in [-0.2, 0) is 11.2 Å². The minimum Gasteiger partial charge on any atom is -0.358 e. The highest BCUT2D eigenvalue weighted by molar-refractivity contribution is 5.72. The molecule has 2 N–H and O–H groups in total. The zero-order valence-electron chi connectivity index (χ0n) is 9.19. The van der Waals surface area contributed by atoms with Gasteiger partial charge in [0.05, 0.1) is 0 Å². The predicted molar refractivity (Wildman–Crippen MR) is 56.8 cm³/mol. The average molecular weight is 226 g/mol. The second kappa shape index (κ2) is 5.24. The van der Waals surface area contributed by atoms with Crippen molar-refractivity contribution < 1.29 is 9.72 Å². The fraction of sp³-hybridized carbons (Fsp3) is 0.556. The number of aromatic amines is 1. The molecule has 88 valence electrons. The van der Waals surface area contributed by atoms with Gasteiger partial charge >= 0.3 is 5.82 Å². The minimum absolute atomic E-state index is 0.0859. The summed E-state index contributed by atoms with van der Waals surface area (Å²) in [5.41, 5.74) is 0. The van der Waals surface area contributed by atoms with Crippen LogP contribution in [0.2, 0.25) is 0 Å². The number of imidazole rings is 1. The summed E-state index contributed by atoms with van der Waals surface area (Å²) >= 11 is 0. The fourth-order valence-corrected chi connectivity index (χ4v) is 1.27. The van der Waals surface area contributed by atoms with Crippen LogP contribution in [0.4, 0.5) is 5.82 Å². The van der Waals surface area contributed by atoms with Gasteiger partial charge < -0.3 is 15.4 Å². The number of carbonyl (C=O) groups is 1. The molecule has 0 radical (unpaired) electrons. The van der Waals surface area contributed by atoms with E-state index >= 15 is 0 Å². The van der Waals surface area contributed by atoms with Crippen LogP contribution < -0.4 is 5.32 Å². The SMILES string of the molecule is CC(=O)NC[C@@H](C)Cc1ncc([N+](=O)[O-])[nH]1. The molecule has 0 unspecified atom stereocenters. The second-order valence-corrected chi connectivity index (χ2v) is 3.72. The molecular formula is C9H14N4O3. The number of hydrogen-bond donors (Lipinski definition) is 2. The molecule has 0 spiro atoms. The average Bonchev–Trinajstić information content (AvgIpc) is 2.63. The lowest BCUT2D eigenvalue weighted by Crippen LogP contribution is -2.26. The third-order valence-corrected chi connectivity index (χ3v) is 2.05. The van der Waals surface area contributed by atoms with Crippen LogP contribution in [0.25, 0.3) is 0 Å². The van der Waals surface area contributed by atoms with Gasteiger partial charge in [-0.1, -0.05) is 6.92 Å². The Balaban J connectivity index is 2.46. The lowest BCUT2D eigenvalue weighted by atomic mass is 10.1. The van der Waals surface area contributed by atoms with Crippen LogP contribution in [0.5, 0.6) is 0 Å². The summed E-state index contributed by atoms with van der Waals surface area (Å²) in [4.78, 5) is 27.0. The third-order valence-electron chi connectivity index (χ3n) is 2.05. The van der Waals surface area contributed by atoms with Gasteiger partial charge in [-0.3, -0.25) is 4.79 Å². The smallest absolute Gasteiger partial charge is 0.340 e. The highest BCUT2D eigenvalue weighted by atomic mass is 16.6. The molecule has 1 rings (SSSR count). The Bertz CT molecular complexity index is 388. The summed E-state index contributed by atoms with van der Waals surface area (Å²) in [6.45, 7) is 3.92. The summed E-state index contributed by atoms with van der Waals surface area (Å²) in [7, 11) is 0. The Morgan fingerprint density at radius 1 is 1.75 bits per heavy atom. The Hall–Kier alpha value is -1.92. The van der Waals surface area contributed by atoms with Crippen LogP contribution in [0.1, 0.15) is 19.7 Å². The van der Waals surface area contributed by atoms with Crippen molar-refractivity contribution in [3.63, 3.8) is 0 Å². The van der Waals surface area contributed by atoms with Crippen molar-refractivity contribution in [3.05, 3.63) is 22.1 Å². The number of H-pyrrole nitrogens is 1. The molecule has 7 nitrogen and oxygen atoms in total. The third kappa shape index (κ3) is 3.68. The molecule has 0 aliphatic heterocycles. The molecule has 1 aromatic rings. The molecule has 0 aliphatic rings. The summed E-state index contributed by atoms with van der Waals surface area (Å²) in [6.07, 6.45) is 1.76. The minimum atomic E-state index is -0.519. The second-order valence-electron chi connectivity index (χ2n) is 3.72. The van der Waals surface area contributed by atoms with Gasteiger partial charge in [-0.2, -0.15) is 0 Å². The Labute approximate surface area is 92.4 Å². The van der Waals surface area contributed by atoms with Crippen LogP contribution in [0.3, 0.4) is 0 Å². The number of nitrogens with one attached hydrogen (secondary N) is 2. The molecular weight excluding hydrogens is 212 g/mol. The highest BCUT2D eigenvalue weighted by Crippen LogP contribution is 2.09. The van der Waals surface area contributed by atoms with E-state index in [0.717, 1.165) is 0 Å². The molecule has 0 fully saturated rings. The van der Waals surface area contributed by atoms with Crippen molar-refractivity contribution in [1.82, 2.24) is 15.3 Å². The number of nitrogens with zero attached hydrogens (tertiary/aromatic N) is 2. The van der Waals surface area contributed by atoms with E-state index in [1.54, 1.807) is 0 Å². The van der Waals surface area contributed by atoms with Crippen LogP contribution in [0.15, 0.2) is 6.20 Å². The van der Waals surface area contributed by atoms with Crippen LogP contribution in [0, 0.1) is 16.0 Å². The normalized spacial score (nSPS) is 12.1. The molecule has 0 aliphatic carbocycles. The highest BCUT2D eigenvalue weighted by Gasteiger charge is 2.13. The topological polar surface area (TPSA) is 101 Å². The molecule has 1 amide bonds. The Morgan fingerprint density at radius 2 is 2.44 bits per heavy atom. The van der Waals surface area contributed by atoms with Gasteiger partial charge in [0, 0.05) is 19.9 Å². The van der Waals surface area contributed by atoms with Gasteiger partial charge in [0.2, 0.25) is 5.91 Å². The first-order chi connectivity index (χ1) is 7.49. The standard InChI is InChI=1S/C9H14N4O3/c1-6(4-10-7(2)14)3-8-11-5-9(12-8)13(15)16/h5-6H,3-4H2,1-2H3,(H,10,14)(H,11,12)/t6-/m0/s1. The maximum Gasteiger partial charge on any atom is 0.340 e. The van der Waals surface area contributed by atoms with E-state index in [9.17, 15) is 14.9 Å². The number of rotatable bonds is 5. The zero-order valence-corrected chi connectivity index (χ0v) is 9.19. The number of hydrogen-bond acceptors (Lipinski definition) is 4. The van der Waals surface area contributed by atoms with E-state index in [1.807, 2.05) is 6.92 Å². The van der Waals surface area contributed by atoms with Gasteiger partial charge in [0.15, 0.2) is 5.82 Å². The molecule has 16 heavy (non-hydrogen) atoms. The lowest BCUT2D eigenvalue weighted by molar-refractivity contribution is -0.389.